The molecule has 1 saturated heterocycles. The molecule has 2 N–H and O–H groups in total. The van der Waals surface area contributed by atoms with Crippen molar-refractivity contribution < 1.29 is 13.3 Å². The smallest absolute Gasteiger partial charge is 0.124 e. The molecule has 0 aliphatic carbocycles. The first kappa shape index (κ1) is 11.5. The van der Waals surface area contributed by atoms with Crippen molar-refractivity contribution in [2.45, 2.75) is 23.0 Å². The van der Waals surface area contributed by atoms with Crippen LogP contribution in [0.4, 0.5) is 10.1 Å². The summed E-state index contributed by atoms with van der Waals surface area (Å²) in [5, 5.41) is -0.0714. The highest BCUT2D eigenvalue weighted by atomic mass is 32.2. The molecule has 1 aromatic carbocycles. The first-order chi connectivity index (χ1) is 7.68. The zero-order valence-corrected chi connectivity index (χ0v) is 9.63. The van der Waals surface area contributed by atoms with Crippen LogP contribution in [-0.2, 0) is 15.5 Å². The second kappa shape index (κ2) is 4.93. The summed E-state index contributed by atoms with van der Waals surface area (Å²) in [4.78, 5) is 0.385. The number of nitrogens with two attached hydrogens (primary N) is 1. The van der Waals surface area contributed by atoms with Gasteiger partial charge in [-0.1, -0.05) is 0 Å². The van der Waals surface area contributed by atoms with Gasteiger partial charge in [0.2, 0.25) is 0 Å². The van der Waals surface area contributed by atoms with Gasteiger partial charge in [0.25, 0.3) is 0 Å². The summed E-state index contributed by atoms with van der Waals surface area (Å²) in [6.07, 6.45) is 1.73. The zero-order chi connectivity index (χ0) is 11.5. The van der Waals surface area contributed by atoms with Crippen LogP contribution in [0.25, 0.3) is 0 Å². The van der Waals surface area contributed by atoms with Gasteiger partial charge in [0, 0.05) is 12.3 Å². The quantitative estimate of drug-likeness (QED) is 0.804. The monoisotopic (exact) mass is 243 g/mol. The Morgan fingerprint density at radius 3 is 3.00 bits per heavy atom. The molecule has 0 radical (unpaired) electrons. The van der Waals surface area contributed by atoms with E-state index in [2.05, 4.69) is 0 Å². The highest BCUT2D eigenvalue weighted by Gasteiger charge is 2.23. The number of rotatable bonds is 2. The van der Waals surface area contributed by atoms with E-state index in [9.17, 15) is 8.60 Å². The molecule has 16 heavy (non-hydrogen) atoms. The maximum Gasteiger partial charge on any atom is 0.124 e. The van der Waals surface area contributed by atoms with Crippen molar-refractivity contribution >= 4 is 16.5 Å². The van der Waals surface area contributed by atoms with E-state index in [4.69, 9.17) is 10.5 Å². The summed E-state index contributed by atoms with van der Waals surface area (Å²) >= 11 is 0. The summed E-state index contributed by atoms with van der Waals surface area (Å²) in [5.74, 6) is -0.408. The van der Waals surface area contributed by atoms with E-state index >= 15 is 0 Å². The summed E-state index contributed by atoms with van der Waals surface area (Å²) in [6.45, 7) is 1.18. The lowest BCUT2D eigenvalue weighted by atomic mass is 10.2. The Kier molecular flexibility index (Phi) is 3.56. The van der Waals surface area contributed by atoms with Crippen molar-refractivity contribution in [1.82, 2.24) is 0 Å². The number of nitrogen functional groups attached to an aromatic ring is 1. The minimum atomic E-state index is -1.28. The Labute approximate surface area is 96.2 Å². The van der Waals surface area contributed by atoms with E-state index in [0.29, 0.717) is 23.8 Å². The zero-order valence-electron chi connectivity index (χ0n) is 8.82. The van der Waals surface area contributed by atoms with Gasteiger partial charge in [-0.3, -0.25) is 4.21 Å². The maximum atomic E-state index is 13.1. The molecule has 0 bridgehead atoms. The van der Waals surface area contributed by atoms with Gasteiger partial charge >= 0.3 is 0 Å². The van der Waals surface area contributed by atoms with Gasteiger partial charge in [-0.15, -0.1) is 0 Å². The third kappa shape index (κ3) is 2.41. The van der Waals surface area contributed by atoms with E-state index in [0.717, 1.165) is 12.8 Å². The average molecular weight is 243 g/mol. The summed E-state index contributed by atoms with van der Waals surface area (Å²) in [5.41, 5.74) is 6.08. The topological polar surface area (TPSA) is 52.3 Å². The molecule has 1 heterocycles. The molecule has 0 aromatic heterocycles. The standard InChI is InChI=1S/C11H14FNO2S/c12-8-3-4-10(13)11(6-8)16(14)9-2-1-5-15-7-9/h3-4,6,9H,1-2,5,7,13H2. The third-order valence-electron chi connectivity index (χ3n) is 2.61. The molecule has 88 valence electrons. The first-order valence-corrected chi connectivity index (χ1v) is 6.43. The minimum absolute atomic E-state index is 0.0714. The molecule has 0 amide bonds. The molecule has 2 rings (SSSR count). The van der Waals surface area contributed by atoms with Crippen LogP contribution >= 0.6 is 0 Å². The lowest BCUT2D eigenvalue weighted by Gasteiger charge is -2.21. The summed E-state index contributed by atoms with van der Waals surface area (Å²) in [6, 6.07) is 3.97. The van der Waals surface area contributed by atoms with Crippen LogP contribution in [0.1, 0.15) is 12.8 Å². The van der Waals surface area contributed by atoms with Crippen LogP contribution in [0, 0.1) is 5.82 Å². The lowest BCUT2D eigenvalue weighted by Crippen LogP contribution is -2.27. The fraction of sp³-hybridized carbons (Fsp3) is 0.455. The number of ether oxygens (including phenoxy) is 1. The Hall–Kier alpha value is -0.940. The van der Waals surface area contributed by atoms with E-state index in [-0.39, 0.29) is 5.25 Å². The molecule has 0 spiro atoms. The van der Waals surface area contributed by atoms with Crippen LogP contribution in [0.2, 0.25) is 0 Å². The van der Waals surface area contributed by atoms with Crippen molar-refractivity contribution in [1.29, 1.82) is 0 Å². The van der Waals surface area contributed by atoms with Gasteiger partial charge in [0.05, 0.1) is 27.6 Å². The Bertz CT molecular complexity index is 405. The van der Waals surface area contributed by atoms with Crippen molar-refractivity contribution in [2.75, 3.05) is 18.9 Å². The van der Waals surface area contributed by atoms with Crippen LogP contribution in [0.15, 0.2) is 23.1 Å². The van der Waals surface area contributed by atoms with Crippen LogP contribution in [-0.4, -0.2) is 22.7 Å². The van der Waals surface area contributed by atoms with Crippen molar-refractivity contribution in [3.05, 3.63) is 24.0 Å². The van der Waals surface area contributed by atoms with Gasteiger partial charge in [-0.25, -0.2) is 4.39 Å². The molecular formula is C11H14FNO2S. The second-order valence-corrected chi connectivity index (χ2v) is 5.52. The number of anilines is 1. The molecule has 1 fully saturated rings. The molecule has 1 aliphatic heterocycles. The molecule has 2 atom stereocenters. The fourth-order valence-electron chi connectivity index (χ4n) is 1.74. The highest BCUT2D eigenvalue weighted by molar-refractivity contribution is 7.85. The van der Waals surface area contributed by atoms with Crippen molar-refractivity contribution in [2.24, 2.45) is 0 Å². The van der Waals surface area contributed by atoms with E-state index in [1.807, 2.05) is 0 Å². The molecule has 5 heteroatoms. The van der Waals surface area contributed by atoms with Gasteiger partial charge in [-0.05, 0) is 31.0 Å². The lowest BCUT2D eigenvalue weighted by molar-refractivity contribution is 0.100. The van der Waals surface area contributed by atoms with Crippen LogP contribution < -0.4 is 5.73 Å². The van der Waals surface area contributed by atoms with Gasteiger partial charge < -0.3 is 10.5 Å². The number of hydrogen-bond acceptors (Lipinski definition) is 3. The third-order valence-corrected chi connectivity index (χ3v) is 4.38. The SMILES string of the molecule is Nc1ccc(F)cc1S(=O)C1CCCOC1. The first-order valence-electron chi connectivity index (χ1n) is 5.22. The van der Waals surface area contributed by atoms with Crippen LogP contribution in [0.3, 0.4) is 0 Å². The summed E-state index contributed by atoms with van der Waals surface area (Å²) in [7, 11) is -1.28. The van der Waals surface area contributed by atoms with Gasteiger partial charge in [-0.2, -0.15) is 0 Å². The van der Waals surface area contributed by atoms with E-state index < -0.39 is 16.6 Å². The van der Waals surface area contributed by atoms with Gasteiger partial charge in [0.1, 0.15) is 5.82 Å². The largest absolute Gasteiger partial charge is 0.398 e. The molecular weight excluding hydrogens is 229 g/mol. The Morgan fingerprint density at radius 2 is 2.31 bits per heavy atom. The number of hydrogen-bond donors (Lipinski definition) is 1. The average Bonchev–Trinajstić information content (AvgIpc) is 2.32. The summed E-state index contributed by atoms with van der Waals surface area (Å²) < 4.78 is 30.5. The fourth-order valence-corrected chi connectivity index (χ4v) is 3.23. The predicted molar refractivity (Wildman–Crippen MR) is 61.1 cm³/mol. The molecule has 2 unspecified atom stereocenters. The van der Waals surface area contributed by atoms with E-state index in [1.165, 1.54) is 18.2 Å². The molecule has 0 saturated carbocycles. The van der Waals surface area contributed by atoms with E-state index in [1.54, 1.807) is 0 Å². The normalized spacial score (nSPS) is 22.9. The second-order valence-electron chi connectivity index (χ2n) is 3.82. The predicted octanol–water partition coefficient (Wildman–Crippen LogP) is 1.69. The Morgan fingerprint density at radius 1 is 1.50 bits per heavy atom. The van der Waals surface area contributed by atoms with Crippen molar-refractivity contribution in [3.63, 3.8) is 0 Å². The van der Waals surface area contributed by atoms with Crippen LogP contribution in [0.5, 0.6) is 0 Å². The number of halogens is 1. The highest BCUT2D eigenvalue weighted by Crippen LogP contribution is 2.24. The molecule has 3 nitrogen and oxygen atoms in total. The Balaban J connectivity index is 2.22. The van der Waals surface area contributed by atoms with Gasteiger partial charge in [0.15, 0.2) is 0 Å². The maximum absolute atomic E-state index is 13.1. The minimum Gasteiger partial charge on any atom is -0.398 e. The molecule has 1 aromatic rings. The molecule has 1 aliphatic rings. The number of benzene rings is 1. The van der Waals surface area contributed by atoms with Crippen molar-refractivity contribution in [3.8, 4) is 0 Å².